The number of guanidine groups is 1. The Hall–Kier alpha value is -1.98. The number of hydrogen-bond donors (Lipinski definition) is 1. The van der Waals surface area contributed by atoms with Gasteiger partial charge in [-0.1, -0.05) is 6.92 Å². The molecule has 0 spiro atoms. The monoisotopic (exact) mass is 549 g/mol. The Morgan fingerprint density at radius 1 is 1.19 bits per heavy atom. The highest BCUT2D eigenvalue weighted by molar-refractivity contribution is 14.0. The van der Waals surface area contributed by atoms with Crippen molar-refractivity contribution in [3.05, 3.63) is 24.2 Å². The van der Waals surface area contributed by atoms with Crippen molar-refractivity contribution in [3.63, 3.8) is 0 Å². The number of nitrogens with one attached hydrogen (secondary N) is 1. The number of carbonyl (C=O) groups excluding carboxylic acids is 2. The number of halogens is 1. The fraction of sp³-hybridized carbons (Fsp3) is 0.667. The van der Waals surface area contributed by atoms with E-state index in [1.54, 1.807) is 29.0 Å². The van der Waals surface area contributed by atoms with Crippen LogP contribution in [0.3, 0.4) is 0 Å². The highest BCUT2D eigenvalue weighted by atomic mass is 127. The zero-order valence-corrected chi connectivity index (χ0v) is 21.5. The molecular weight excluding hydrogens is 513 g/mol. The molecule has 2 rings (SSSR count). The van der Waals surface area contributed by atoms with E-state index in [4.69, 9.17) is 9.15 Å². The van der Waals surface area contributed by atoms with Gasteiger partial charge in [0.05, 0.1) is 6.26 Å². The summed E-state index contributed by atoms with van der Waals surface area (Å²) in [5.41, 5.74) is -0.515. The van der Waals surface area contributed by atoms with E-state index in [2.05, 4.69) is 15.2 Å². The predicted molar refractivity (Wildman–Crippen MR) is 131 cm³/mol. The maximum absolute atomic E-state index is 12.4. The second-order valence-electron chi connectivity index (χ2n) is 8.20. The first-order chi connectivity index (χ1) is 14.2. The van der Waals surface area contributed by atoms with Crippen molar-refractivity contribution in [3.8, 4) is 0 Å². The van der Waals surface area contributed by atoms with Gasteiger partial charge in [0.15, 0.2) is 11.7 Å². The first-order valence-corrected chi connectivity index (χ1v) is 10.5. The molecule has 0 aliphatic carbocycles. The van der Waals surface area contributed by atoms with E-state index in [0.29, 0.717) is 51.6 Å². The van der Waals surface area contributed by atoms with Crippen LogP contribution in [0.4, 0.5) is 4.79 Å². The maximum atomic E-state index is 12.4. The summed E-state index contributed by atoms with van der Waals surface area (Å²) in [5.74, 6) is 1.04. The molecule has 2 heterocycles. The SMILES string of the molecule is CCCN(CCNC(=NC)N1CCN(C(=O)c2ccco2)CC1)C(=O)OC(C)(C)C.I. The van der Waals surface area contributed by atoms with Crippen LogP contribution >= 0.6 is 24.0 Å². The van der Waals surface area contributed by atoms with Gasteiger partial charge < -0.3 is 29.2 Å². The van der Waals surface area contributed by atoms with Crippen LogP contribution in [0, 0.1) is 0 Å². The highest BCUT2D eigenvalue weighted by Crippen LogP contribution is 2.11. The molecule has 1 N–H and O–H groups in total. The average molecular weight is 549 g/mol. The molecule has 1 aliphatic heterocycles. The molecule has 0 bridgehead atoms. The Morgan fingerprint density at radius 3 is 2.35 bits per heavy atom. The number of furan rings is 1. The molecular formula is C21H36IN5O4. The zero-order valence-electron chi connectivity index (χ0n) is 19.2. The van der Waals surface area contributed by atoms with Crippen molar-refractivity contribution in [2.45, 2.75) is 39.7 Å². The van der Waals surface area contributed by atoms with Crippen molar-refractivity contribution in [1.82, 2.24) is 20.0 Å². The summed E-state index contributed by atoms with van der Waals surface area (Å²) in [6.45, 7) is 11.9. The number of piperazine rings is 1. The quantitative estimate of drug-likeness (QED) is 0.334. The molecule has 1 fully saturated rings. The Morgan fingerprint density at radius 2 is 1.84 bits per heavy atom. The average Bonchev–Trinajstić information content (AvgIpc) is 3.23. The van der Waals surface area contributed by atoms with Crippen molar-refractivity contribution in [1.29, 1.82) is 0 Å². The second kappa shape index (κ2) is 12.8. The number of rotatable bonds is 6. The summed E-state index contributed by atoms with van der Waals surface area (Å²) >= 11 is 0. The molecule has 10 heteroatoms. The highest BCUT2D eigenvalue weighted by Gasteiger charge is 2.25. The van der Waals surface area contributed by atoms with Crippen molar-refractivity contribution < 1.29 is 18.7 Å². The topological polar surface area (TPSA) is 90.6 Å². The summed E-state index contributed by atoms with van der Waals surface area (Å²) in [4.78, 5) is 34.7. The van der Waals surface area contributed by atoms with E-state index in [9.17, 15) is 9.59 Å². The molecule has 176 valence electrons. The van der Waals surface area contributed by atoms with Gasteiger partial charge >= 0.3 is 6.09 Å². The van der Waals surface area contributed by atoms with E-state index in [-0.39, 0.29) is 36.0 Å². The van der Waals surface area contributed by atoms with E-state index in [1.807, 2.05) is 27.7 Å². The maximum Gasteiger partial charge on any atom is 0.410 e. The minimum Gasteiger partial charge on any atom is -0.459 e. The van der Waals surface area contributed by atoms with E-state index < -0.39 is 5.60 Å². The first-order valence-electron chi connectivity index (χ1n) is 10.5. The Labute approximate surface area is 202 Å². The number of aliphatic imine (C=N–C) groups is 1. The van der Waals surface area contributed by atoms with Crippen LogP contribution in [-0.4, -0.2) is 91.1 Å². The lowest BCUT2D eigenvalue weighted by atomic mass is 10.2. The van der Waals surface area contributed by atoms with E-state index in [0.717, 1.165) is 12.4 Å². The zero-order chi connectivity index (χ0) is 22.1. The summed E-state index contributed by atoms with van der Waals surface area (Å²) < 4.78 is 10.7. The normalized spacial score (nSPS) is 14.7. The lowest BCUT2D eigenvalue weighted by Gasteiger charge is -2.36. The van der Waals surface area contributed by atoms with Gasteiger partial charge in [0.2, 0.25) is 0 Å². The number of nitrogens with zero attached hydrogens (tertiary/aromatic N) is 4. The van der Waals surface area contributed by atoms with Crippen LogP contribution in [0.5, 0.6) is 0 Å². The molecule has 9 nitrogen and oxygen atoms in total. The molecule has 0 saturated carbocycles. The molecule has 31 heavy (non-hydrogen) atoms. The number of carbonyl (C=O) groups is 2. The molecule has 0 unspecified atom stereocenters. The largest absolute Gasteiger partial charge is 0.459 e. The third-order valence-electron chi connectivity index (χ3n) is 4.62. The molecule has 1 aromatic rings. The van der Waals surface area contributed by atoms with Gasteiger partial charge in [-0.15, -0.1) is 24.0 Å². The minimum atomic E-state index is -0.515. The standard InChI is InChI=1S/C21H35N5O4.HI/c1-6-10-26(20(28)30-21(2,3)4)11-9-23-19(22-5)25-14-12-24(13-15-25)18(27)17-8-7-16-29-17;/h7-8,16H,6,9-15H2,1-5H3,(H,22,23);1H. The fourth-order valence-corrected chi connectivity index (χ4v) is 3.20. The second-order valence-corrected chi connectivity index (χ2v) is 8.20. The number of amides is 2. The lowest BCUT2D eigenvalue weighted by molar-refractivity contribution is 0.0253. The third kappa shape index (κ3) is 8.58. The Kier molecular flexibility index (Phi) is 11.1. The van der Waals surface area contributed by atoms with Gasteiger partial charge in [-0.25, -0.2) is 4.79 Å². The van der Waals surface area contributed by atoms with Gasteiger partial charge in [-0.2, -0.15) is 0 Å². The smallest absolute Gasteiger partial charge is 0.410 e. The molecule has 1 aromatic heterocycles. The van der Waals surface area contributed by atoms with Crippen molar-refractivity contribution >= 4 is 41.9 Å². The van der Waals surface area contributed by atoms with Crippen LogP contribution in [-0.2, 0) is 4.74 Å². The Balaban J connectivity index is 0.00000480. The molecule has 2 amide bonds. The summed E-state index contributed by atoms with van der Waals surface area (Å²) in [6.07, 6.45) is 2.07. The molecule has 0 atom stereocenters. The van der Waals surface area contributed by atoms with E-state index in [1.165, 1.54) is 6.26 Å². The van der Waals surface area contributed by atoms with Crippen LogP contribution < -0.4 is 5.32 Å². The molecule has 0 aromatic carbocycles. The fourth-order valence-electron chi connectivity index (χ4n) is 3.20. The van der Waals surface area contributed by atoms with Crippen LogP contribution in [0.25, 0.3) is 0 Å². The van der Waals surface area contributed by atoms with Gasteiger partial charge in [0, 0.05) is 52.9 Å². The summed E-state index contributed by atoms with van der Waals surface area (Å²) in [7, 11) is 1.74. The lowest BCUT2D eigenvalue weighted by Crippen LogP contribution is -2.54. The minimum absolute atomic E-state index is 0. The number of ether oxygens (including phenoxy) is 1. The summed E-state index contributed by atoms with van der Waals surface area (Å²) in [6, 6.07) is 3.40. The molecule has 1 aliphatic rings. The van der Waals surface area contributed by atoms with Crippen molar-refractivity contribution in [2.75, 3.05) is 52.9 Å². The number of hydrogen-bond acceptors (Lipinski definition) is 5. The molecule has 1 saturated heterocycles. The predicted octanol–water partition coefficient (Wildman–Crippen LogP) is 2.88. The van der Waals surface area contributed by atoms with E-state index >= 15 is 0 Å². The van der Waals surface area contributed by atoms with Gasteiger partial charge in [-0.3, -0.25) is 9.79 Å². The first kappa shape index (κ1) is 27.1. The summed E-state index contributed by atoms with van der Waals surface area (Å²) in [5, 5.41) is 3.32. The third-order valence-corrected chi connectivity index (χ3v) is 4.62. The van der Waals surface area contributed by atoms with Crippen molar-refractivity contribution in [2.24, 2.45) is 4.99 Å². The van der Waals surface area contributed by atoms with Crippen LogP contribution in [0.1, 0.15) is 44.7 Å². The van der Waals surface area contributed by atoms with Crippen LogP contribution in [0.2, 0.25) is 0 Å². The van der Waals surface area contributed by atoms with Gasteiger partial charge in [-0.05, 0) is 39.3 Å². The van der Waals surface area contributed by atoms with Crippen LogP contribution in [0.15, 0.2) is 27.8 Å². The molecule has 0 radical (unpaired) electrons. The Bertz CT molecular complexity index is 710. The van der Waals surface area contributed by atoms with Gasteiger partial charge in [0.25, 0.3) is 5.91 Å². The van der Waals surface area contributed by atoms with Gasteiger partial charge in [0.1, 0.15) is 5.60 Å².